The molecule has 0 radical (unpaired) electrons. The largest absolute Gasteiger partial charge is 0.360 e. The topological polar surface area (TPSA) is 121 Å². The summed E-state index contributed by atoms with van der Waals surface area (Å²) in [5.41, 5.74) is 0.601. The van der Waals surface area contributed by atoms with Crippen molar-refractivity contribution in [2.45, 2.75) is 20.1 Å². The van der Waals surface area contributed by atoms with Crippen LogP contribution in [0.15, 0.2) is 48.7 Å². The predicted molar refractivity (Wildman–Crippen MR) is 141 cm³/mol. The van der Waals surface area contributed by atoms with E-state index in [0.29, 0.717) is 18.8 Å². The van der Waals surface area contributed by atoms with Crippen molar-refractivity contribution < 1.29 is 33.0 Å². The number of aromatic nitrogens is 1. The minimum absolute atomic E-state index is 0.0725. The Morgan fingerprint density at radius 3 is 2.21 bits per heavy atom. The van der Waals surface area contributed by atoms with Crippen LogP contribution in [-0.2, 0) is 14.3 Å². The number of hydrogen-bond acceptors (Lipinski definition) is 6. The Balaban J connectivity index is 1.45. The fourth-order valence-corrected chi connectivity index (χ4v) is 4.52. The molecule has 0 atom stereocenters. The summed E-state index contributed by atoms with van der Waals surface area (Å²) in [6.07, 6.45) is 0.602. The molecule has 3 aromatic rings. The van der Waals surface area contributed by atoms with Crippen molar-refractivity contribution in [3.05, 3.63) is 71.2 Å². The second-order valence-corrected chi connectivity index (χ2v) is 8.88. The molecule has 39 heavy (non-hydrogen) atoms. The summed E-state index contributed by atoms with van der Waals surface area (Å²) in [7, 11) is 0. The number of piperazine rings is 1. The quantitative estimate of drug-likeness (QED) is 0.233. The number of Topliss-reactive ketones (excluding diaryl/α,β-unsaturated/α-hetero) is 1. The molecular formula is C28H31FN4O6. The smallest absolute Gasteiger partial charge is 0.295 e. The summed E-state index contributed by atoms with van der Waals surface area (Å²) in [4.78, 5) is 57.5. The molecule has 0 spiro atoms. The van der Waals surface area contributed by atoms with Gasteiger partial charge in [-0.15, -0.1) is 0 Å². The van der Waals surface area contributed by atoms with Crippen molar-refractivity contribution in [3.63, 3.8) is 0 Å². The van der Waals surface area contributed by atoms with E-state index in [1.807, 2.05) is 6.07 Å². The molecule has 4 rings (SSSR count). The van der Waals surface area contributed by atoms with Crippen molar-refractivity contribution in [1.82, 2.24) is 20.1 Å². The van der Waals surface area contributed by atoms with Crippen LogP contribution >= 0.6 is 0 Å². The minimum Gasteiger partial charge on any atom is -0.360 e. The highest BCUT2D eigenvalue weighted by atomic mass is 19.1. The average Bonchev–Trinajstić information content (AvgIpc) is 3.42. The summed E-state index contributed by atoms with van der Waals surface area (Å²) >= 11 is 0. The van der Waals surface area contributed by atoms with Gasteiger partial charge in [0.25, 0.3) is 23.5 Å². The molecular weight excluding hydrogens is 507 g/mol. The van der Waals surface area contributed by atoms with Gasteiger partial charge in [0.05, 0.1) is 23.2 Å². The molecule has 0 saturated carbocycles. The van der Waals surface area contributed by atoms with Crippen LogP contribution in [0.25, 0.3) is 10.9 Å². The number of benzene rings is 2. The number of halogens is 1. The summed E-state index contributed by atoms with van der Waals surface area (Å²) in [6.45, 7) is 5.36. The van der Waals surface area contributed by atoms with Crippen LogP contribution in [0, 0.1) is 5.82 Å². The molecule has 11 heteroatoms. The Hall–Kier alpha value is -4.09. The molecule has 3 amide bonds. The van der Waals surface area contributed by atoms with Gasteiger partial charge in [-0.3, -0.25) is 19.2 Å². The molecule has 1 aliphatic rings. The molecule has 1 fully saturated rings. The maximum Gasteiger partial charge on any atom is 0.295 e. The monoisotopic (exact) mass is 538 g/mol. The van der Waals surface area contributed by atoms with Gasteiger partial charge in [-0.2, -0.15) is 0 Å². The van der Waals surface area contributed by atoms with Gasteiger partial charge in [0.2, 0.25) is 0 Å². The molecule has 0 unspecified atom stereocenters. The van der Waals surface area contributed by atoms with Crippen molar-refractivity contribution in [2.24, 2.45) is 0 Å². The zero-order valence-corrected chi connectivity index (χ0v) is 21.9. The highest BCUT2D eigenvalue weighted by molar-refractivity contribution is 6.45. The number of nitrogens with zero attached hydrogens (tertiary/aromatic N) is 2. The lowest BCUT2D eigenvalue weighted by Crippen LogP contribution is -2.52. The fourth-order valence-electron chi connectivity index (χ4n) is 4.52. The number of ketones is 1. The number of nitrogens with one attached hydrogen (secondary N) is 2. The molecule has 1 saturated heterocycles. The van der Waals surface area contributed by atoms with Crippen LogP contribution in [0.2, 0.25) is 0 Å². The molecule has 2 aromatic carbocycles. The third-order valence-electron chi connectivity index (χ3n) is 6.48. The molecule has 1 aliphatic heterocycles. The molecule has 1 aromatic heterocycles. The number of carbonyl (C=O) groups is 4. The van der Waals surface area contributed by atoms with E-state index in [0.717, 1.165) is 6.07 Å². The normalized spacial score (nSPS) is 13.6. The summed E-state index contributed by atoms with van der Waals surface area (Å²) < 4.78 is 25.7. The van der Waals surface area contributed by atoms with Gasteiger partial charge in [-0.05, 0) is 38.1 Å². The number of aromatic amines is 1. The Bertz CT molecular complexity index is 1340. The van der Waals surface area contributed by atoms with E-state index >= 15 is 0 Å². The lowest BCUT2D eigenvalue weighted by Gasteiger charge is -2.34. The van der Waals surface area contributed by atoms with Gasteiger partial charge in [0.15, 0.2) is 6.29 Å². The molecule has 10 nitrogen and oxygen atoms in total. The number of fused-ring (bicyclic) bond motifs is 1. The standard InChI is InChI=1S/C28H31FN4O6/c1-3-38-22(39-4-2)17-31-26(35)19-10-11-21(29)23-20(16-30-24(19)23)25(34)28(37)33-14-12-32(13-15-33)27(36)18-8-6-5-7-9-18/h5-11,16,22,30H,3-4,12-15,17H2,1-2H3,(H,31,35). The van der Waals surface area contributed by atoms with Crippen molar-refractivity contribution >= 4 is 34.4 Å². The van der Waals surface area contributed by atoms with E-state index in [4.69, 9.17) is 9.47 Å². The number of ether oxygens (including phenoxy) is 2. The SMILES string of the molecule is CCOC(CNC(=O)c1ccc(F)c2c(C(=O)C(=O)N3CCN(C(=O)c4ccccc4)CC3)c[nH]c12)OCC. The molecule has 0 aliphatic carbocycles. The number of rotatable bonds is 10. The van der Waals surface area contributed by atoms with Crippen LogP contribution in [0.3, 0.4) is 0 Å². The van der Waals surface area contributed by atoms with Gasteiger partial charge in [-0.1, -0.05) is 18.2 Å². The van der Waals surface area contributed by atoms with Crippen LogP contribution in [-0.4, -0.2) is 90.5 Å². The van der Waals surface area contributed by atoms with Crippen molar-refractivity contribution in [3.8, 4) is 0 Å². The lowest BCUT2D eigenvalue weighted by atomic mass is 10.0. The Kier molecular flexibility index (Phi) is 9.05. The third-order valence-corrected chi connectivity index (χ3v) is 6.48. The summed E-state index contributed by atoms with van der Waals surface area (Å²) in [5, 5.41) is 2.56. The van der Waals surface area contributed by atoms with Gasteiger partial charge < -0.3 is 29.6 Å². The zero-order chi connectivity index (χ0) is 27.9. The highest BCUT2D eigenvalue weighted by Crippen LogP contribution is 2.26. The van der Waals surface area contributed by atoms with Crippen molar-refractivity contribution in [1.29, 1.82) is 0 Å². The van der Waals surface area contributed by atoms with Crippen molar-refractivity contribution in [2.75, 3.05) is 45.9 Å². The maximum atomic E-state index is 14.9. The van der Waals surface area contributed by atoms with Gasteiger partial charge in [0, 0.05) is 56.5 Å². The van der Waals surface area contributed by atoms with Crippen LogP contribution < -0.4 is 5.32 Å². The first-order valence-corrected chi connectivity index (χ1v) is 12.8. The summed E-state index contributed by atoms with van der Waals surface area (Å²) in [5.74, 6) is -3.09. The molecule has 2 heterocycles. The molecule has 206 valence electrons. The fraction of sp³-hybridized carbons (Fsp3) is 0.357. The van der Waals surface area contributed by atoms with E-state index in [9.17, 15) is 23.6 Å². The van der Waals surface area contributed by atoms with E-state index < -0.39 is 29.7 Å². The first-order chi connectivity index (χ1) is 18.8. The number of hydrogen-bond donors (Lipinski definition) is 2. The number of H-pyrrole nitrogens is 1. The van der Waals surface area contributed by atoms with E-state index in [-0.39, 0.29) is 60.7 Å². The number of carbonyl (C=O) groups excluding carboxylic acids is 4. The van der Waals surface area contributed by atoms with Crippen LogP contribution in [0.4, 0.5) is 4.39 Å². The molecule has 2 N–H and O–H groups in total. The first-order valence-electron chi connectivity index (χ1n) is 12.8. The van der Waals surface area contributed by atoms with E-state index in [1.165, 1.54) is 17.2 Å². The van der Waals surface area contributed by atoms with Gasteiger partial charge >= 0.3 is 0 Å². The Morgan fingerprint density at radius 1 is 0.923 bits per heavy atom. The second kappa shape index (κ2) is 12.6. The number of amides is 3. The second-order valence-electron chi connectivity index (χ2n) is 8.88. The van der Waals surface area contributed by atoms with Crippen LogP contribution in [0.5, 0.6) is 0 Å². The Labute approximate surface area is 225 Å². The highest BCUT2D eigenvalue weighted by Gasteiger charge is 2.31. The third kappa shape index (κ3) is 6.15. The van der Waals surface area contributed by atoms with E-state index in [2.05, 4.69) is 10.3 Å². The zero-order valence-electron chi connectivity index (χ0n) is 21.9. The lowest BCUT2D eigenvalue weighted by molar-refractivity contribution is -0.131. The van der Waals surface area contributed by atoms with Gasteiger partial charge in [0.1, 0.15) is 5.82 Å². The average molecular weight is 539 g/mol. The minimum atomic E-state index is -0.895. The van der Waals surface area contributed by atoms with Crippen LogP contribution in [0.1, 0.15) is 44.9 Å². The first kappa shape index (κ1) is 27.9. The van der Waals surface area contributed by atoms with Gasteiger partial charge in [-0.25, -0.2) is 4.39 Å². The summed E-state index contributed by atoms with van der Waals surface area (Å²) in [6, 6.07) is 11.2. The maximum absolute atomic E-state index is 14.9. The van der Waals surface area contributed by atoms with E-state index in [1.54, 1.807) is 43.0 Å². The Morgan fingerprint density at radius 2 is 1.56 bits per heavy atom. The molecule has 0 bridgehead atoms. The predicted octanol–water partition coefficient (Wildman–Crippen LogP) is 2.60.